The normalized spacial score (nSPS) is 12.8. The first-order chi connectivity index (χ1) is 12.7. The molecule has 0 aliphatic rings. The van der Waals surface area contributed by atoms with Crippen molar-refractivity contribution in [1.29, 1.82) is 0 Å². The van der Waals surface area contributed by atoms with Crippen LogP contribution in [0.2, 0.25) is 0 Å². The van der Waals surface area contributed by atoms with Crippen molar-refractivity contribution in [3.05, 3.63) is 59.2 Å². The molecule has 0 aromatic heterocycles. The van der Waals surface area contributed by atoms with Gasteiger partial charge in [-0.25, -0.2) is 12.7 Å². The summed E-state index contributed by atoms with van der Waals surface area (Å²) in [6.45, 7) is 5.78. The Morgan fingerprint density at radius 1 is 1.11 bits per heavy atom. The molecule has 1 amide bonds. The van der Waals surface area contributed by atoms with E-state index in [1.165, 1.54) is 18.4 Å². The number of carbonyl (C=O) groups excluding carboxylic acids is 1. The van der Waals surface area contributed by atoms with E-state index in [2.05, 4.69) is 5.32 Å². The van der Waals surface area contributed by atoms with E-state index in [1.54, 1.807) is 12.1 Å². The first-order valence-corrected chi connectivity index (χ1v) is 10.5. The molecular weight excluding hydrogens is 360 g/mol. The van der Waals surface area contributed by atoms with Crippen molar-refractivity contribution in [2.75, 3.05) is 19.4 Å². The first kappa shape index (κ1) is 21.1. The molecule has 0 radical (unpaired) electrons. The number of benzene rings is 2. The van der Waals surface area contributed by atoms with Crippen LogP contribution >= 0.6 is 0 Å². The molecular formula is C21H28N2O3S. The minimum absolute atomic E-state index is 0.120. The summed E-state index contributed by atoms with van der Waals surface area (Å²) >= 11 is 0. The average Bonchev–Trinajstić information content (AvgIpc) is 2.63. The summed E-state index contributed by atoms with van der Waals surface area (Å²) in [5.41, 5.74) is 3.19. The molecule has 0 aliphatic heterocycles. The minimum Gasteiger partial charge on any atom is -0.325 e. The zero-order valence-electron chi connectivity index (χ0n) is 16.6. The van der Waals surface area contributed by atoms with Crippen LogP contribution in [0.4, 0.5) is 5.69 Å². The van der Waals surface area contributed by atoms with Crippen LogP contribution in [0.5, 0.6) is 0 Å². The molecule has 0 saturated heterocycles. The lowest BCUT2D eigenvalue weighted by molar-refractivity contribution is -0.117. The van der Waals surface area contributed by atoms with Gasteiger partial charge in [-0.15, -0.1) is 0 Å². The van der Waals surface area contributed by atoms with Gasteiger partial charge in [-0.2, -0.15) is 0 Å². The molecule has 0 aliphatic carbocycles. The molecule has 2 aromatic carbocycles. The third-order valence-corrected chi connectivity index (χ3v) is 6.57. The zero-order valence-corrected chi connectivity index (χ0v) is 17.4. The van der Waals surface area contributed by atoms with Gasteiger partial charge in [0, 0.05) is 19.8 Å². The topological polar surface area (TPSA) is 66.5 Å². The molecule has 2 rings (SSSR count). The SMILES string of the molecule is CCCC(C(=O)Nc1cc(S(=O)(=O)N(C)C)cc(C)c1C)c1ccccc1. The van der Waals surface area contributed by atoms with Crippen molar-refractivity contribution in [3.63, 3.8) is 0 Å². The lowest BCUT2D eigenvalue weighted by Crippen LogP contribution is -2.24. The molecule has 5 nitrogen and oxygen atoms in total. The van der Waals surface area contributed by atoms with Gasteiger partial charge in [0.1, 0.15) is 0 Å². The Balaban J connectivity index is 2.40. The Labute approximate surface area is 162 Å². The highest BCUT2D eigenvalue weighted by atomic mass is 32.2. The van der Waals surface area contributed by atoms with E-state index in [0.29, 0.717) is 5.69 Å². The van der Waals surface area contributed by atoms with E-state index in [9.17, 15) is 13.2 Å². The maximum absolute atomic E-state index is 13.0. The predicted molar refractivity (Wildman–Crippen MR) is 110 cm³/mol. The minimum atomic E-state index is -3.58. The highest BCUT2D eigenvalue weighted by molar-refractivity contribution is 7.89. The molecule has 1 N–H and O–H groups in total. The Morgan fingerprint density at radius 2 is 1.74 bits per heavy atom. The Kier molecular flexibility index (Phi) is 6.78. The fourth-order valence-electron chi connectivity index (χ4n) is 2.96. The molecule has 1 unspecified atom stereocenters. The Hall–Kier alpha value is -2.18. The van der Waals surface area contributed by atoms with Gasteiger partial charge in [0.05, 0.1) is 10.8 Å². The number of amides is 1. The van der Waals surface area contributed by atoms with Crippen molar-refractivity contribution < 1.29 is 13.2 Å². The van der Waals surface area contributed by atoms with Gasteiger partial charge in [-0.05, 0) is 49.1 Å². The van der Waals surface area contributed by atoms with E-state index < -0.39 is 10.0 Å². The molecule has 0 bridgehead atoms. The average molecular weight is 389 g/mol. The lowest BCUT2D eigenvalue weighted by atomic mass is 9.93. The van der Waals surface area contributed by atoms with Crippen LogP contribution in [0.3, 0.4) is 0 Å². The van der Waals surface area contributed by atoms with Crippen LogP contribution in [0, 0.1) is 13.8 Å². The number of aryl methyl sites for hydroxylation is 1. The number of hydrogen-bond donors (Lipinski definition) is 1. The third kappa shape index (κ3) is 4.76. The Morgan fingerprint density at radius 3 is 2.30 bits per heavy atom. The van der Waals surface area contributed by atoms with E-state index in [4.69, 9.17) is 0 Å². The maximum Gasteiger partial charge on any atom is 0.242 e. The summed E-state index contributed by atoms with van der Waals surface area (Å²) in [5, 5.41) is 2.96. The lowest BCUT2D eigenvalue weighted by Gasteiger charge is -2.20. The van der Waals surface area contributed by atoms with Crippen molar-refractivity contribution in [1.82, 2.24) is 4.31 Å². The Bertz CT molecular complexity index is 907. The van der Waals surface area contributed by atoms with Crippen LogP contribution in [0.15, 0.2) is 47.4 Å². The molecule has 0 spiro atoms. The van der Waals surface area contributed by atoms with Crippen LogP contribution in [-0.4, -0.2) is 32.7 Å². The van der Waals surface area contributed by atoms with Gasteiger partial charge < -0.3 is 5.32 Å². The molecule has 6 heteroatoms. The fourth-order valence-corrected chi connectivity index (χ4v) is 3.97. The number of hydrogen-bond acceptors (Lipinski definition) is 3. The van der Waals surface area contributed by atoms with Crippen LogP contribution in [0.25, 0.3) is 0 Å². The van der Waals surface area contributed by atoms with Crippen molar-refractivity contribution in [2.24, 2.45) is 0 Å². The van der Waals surface area contributed by atoms with Crippen molar-refractivity contribution in [3.8, 4) is 0 Å². The first-order valence-electron chi connectivity index (χ1n) is 9.08. The van der Waals surface area contributed by atoms with E-state index >= 15 is 0 Å². The summed E-state index contributed by atoms with van der Waals surface area (Å²) in [4.78, 5) is 13.2. The number of sulfonamides is 1. The number of anilines is 1. The summed E-state index contributed by atoms with van der Waals surface area (Å²) < 4.78 is 26.2. The quantitative estimate of drug-likeness (QED) is 0.777. The monoisotopic (exact) mass is 388 g/mol. The van der Waals surface area contributed by atoms with Crippen LogP contribution in [-0.2, 0) is 14.8 Å². The van der Waals surface area contributed by atoms with Gasteiger partial charge >= 0.3 is 0 Å². The summed E-state index contributed by atoms with van der Waals surface area (Å²) in [7, 11) is -0.584. The second-order valence-electron chi connectivity index (χ2n) is 6.94. The van der Waals surface area contributed by atoms with Crippen molar-refractivity contribution >= 4 is 21.6 Å². The standard InChI is InChI=1S/C21H28N2O3S/c1-6-10-19(17-11-8-7-9-12-17)21(24)22-20-14-18(13-15(2)16(20)3)27(25,26)23(4)5/h7-9,11-14,19H,6,10H2,1-5H3,(H,22,24). The molecule has 0 heterocycles. The smallest absolute Gasteiger partial charge is 0.242 e. The number of nitrogens with zero attached hydrogens (tertiary/aromatic N) is 1. The van der Waals surface area contributed by atoms with Gasteiger partial charge in [0.25, 0.3) is 0 Å². The van der Waals surface area contributed by atoms with Gasteiger partial charge in [-0.1, -0.05) is 43.7 Å². The number of rotatable bonds is 7. The maximum atomic E-state index is 13.0. The second-order valence-corrected chi connectivity index (χ2v) is 9.09. The highest BCUT2D eigenvalue weighted by Crippen LogP contribution is 2.28. The second kappa shape index (κ2) is 8.67. The molecule has 2 aromatic rings. The fraction of sp³-hybridized carbons (Fsp3) is 0.381. The summed E-state index contributed by atoms with van der Waals surface area (Å²) in [6.07, 6.45) is 1.60. The third-order valence-electron chi connectivity index (χ3n) is 4.77. The number of carbonyl (C=O) groups is 1. The van der Waals surface area contributed by atoms with Gasteiger partial charge in [0.2, 0.25) is 15.9 Å². The molecule has 146 valence electrons. The van der Waals surface area contributed by atoms with Crippen molar-refractivity contribution in [2.45, 2.75) is 44.4 Å². The predicted octanol–water partition coefficient (Wildman–Crippen LogP) is 4.08. The van der Waals surface area contributed by atoms with Gasteiger partial charge in [0.15, 0.2) is 0 Å². The molecule has 0 fully saturated rings. The van der Waals surface area contributed by atoms with Crippen LogP contribution in [0.1, 0.15) is 42.4 Å². The molecule has 0 saturated carbocycles. The molecule has 27 heavy (non-hydrogen) atoms. The van der Waals surface area contributed by atoms with E-state index in [-0.39, 0.29) is 16.7 Å². The van der Waals surface area contributed by atoms with Gasteiger partial charge in [-0.3, -0.25) is 4.79 Å². The molecule has 1 atom stereocenters. The van der Waals surface area contributed by atoms with Crippen LogP contribution < -0.4 is 5.32 Å². The van der Waals surface area contributed by atoms with E-state index in [1.807, 2.05) is 51.1 Å². The largest absolute Gasteiger partial charge is 0.325 e. The highest BCUT2D eigenvalue weighted by Gasteiger charge is 2.23. The summed E-state index contributed by atoms with van der Waals surface area (Å²) in [5.74, 6) is -0.394. The summed E-state index contributed by atoms with van der Waals surface area (Å²) in [6, 6.07) is 12.9. The zero-order chi connectivity index (χ0) is 20.2. The van der Waals surface area contributed by atoms with E-state index in [0.717, 1.165) is 29.5 Å². The number of nitrogens with one attached hydrogen (secondary N) is 1.